The third kappa shape index (κ3) is 2.74. The van der Waals surface area contributed by atoms with Gasteiger partial charge >= 0.3 is 5.97 Å². The van der Waals surface area contributed by atoms with Crippen LogP contribution in [0.4, 0.5) is 0 Å². The molecule has 0 amide bonds. The first-order valence-corrected chi connectivity index (χ1v) is 12.6. The number of aliphatic hydroxyl groups is 2. The molecule has 2 aliphatic heterocycles. The number of rotatable bonds is 3. The molecule has 3 aliphatic carbocycles. The summed E-state index contributed by atoms with van der Waals surface area (Å²) >= 11 is 0. The molecule has 0 spiro atoms. The van der Waals surface area contributed by atoms with Crippen LogP contribution in [0.3, 0.4) is 0 Å². The smallest absolute Gasteiger partial charge is 0.303 e. The molecule has 0 aromatic carbocycles. The molecule has 190 valence electrons. The Labute approximate surface area is 202 Å². The van der Waals surface area contributed by atoms with Crippen LogP contribution in [0.2, 0.25) is 0 Å². The Kier molecular flexibility index (Phi) is 5.31. The second kappa shape index (κ2) is 7.39. The van der Waals surface area contributed by atoms with E-state index in [0.717, 1.165) is 11.1 Å². The monoisotopic (exact) mass is 476 g/mol. The van der Waals surface area contributed by atoms with E-state index in [9.17, 15) is 15.0 Å². The molecular formula is C27H40O7. The molecule has 34 heavy (non-hydrogen) atoms. The SMILES string of the molecule is C=CC1O[C@H]2C[C@H]3OC[C@@]3(OC(C)=O)[C@H]3[C@H](C)[C@]4(C(C)(C)O)CC(O)C(C)=C4[C@H](C)[C@H](O1)[C@]23C. The highest BCUT2D eigenvalue weighted by Crippen LogP contribution is 2.71. The molecule has 0 radical (unpaired) electrons. The van der Waals surface area contributed by atoms with Crippen molar-refractivity contribution in [2.45, 2.75) is 103 Å². The van der Waals surface area contributed by atoms with Crippen LogP contribution >= 0.6 is 0 Å². The Balaban J connectivity index is 1.81. The normalized spacial score (nSPS) is 52.0. The summed E-state index contributed by atoms with van der Waals surface area (Å²) in [7, 11) is 0. The lowest BCUT2D eigenvalue weighted by Gasteiger charge is -2.68. The first-order valence-electron chi connectivity index (χ1n) is 12.6. The predicted molar refractivity (Wildman–Crippen MR) is 125 cm³/mol. The van der Waals surface area contributed by atoms with E-state index in [1.807, 2.05) is 20.8 Å². The Morgan fingerprint density at radius 1 is 1.26 bits per heavy atom. The van der Waals surface area contributed by atoms with Gasteiger partial charge in [0.2, 0.25) is 0 Å². The molecule has 2 saturated carbocycles. The summed E-state index contributed by atoms with van der Waals surface area (Å²) in [6.45, 7) is 17.8. The van der Waals surface area contributed by atoms with Gasteiger partial charge in [0.05, 0.1) is 30.5 Å². The minimum absolute atomic E-state index is 0.0956. The molecule has 11 atom stereocenters. The number of ether oxygens (including phenoxy) is 4. The van der Waals surface area contributed by atoms with E-state index >= 15 is 0 Å². The molecule has 2 unspecified atom stereocenters. The highest BCUT2D eigenvalue weighted by molar-refractivity contribution is 5.67. The zero-order valence-corrected chi connectivity index (χ0v) is 21.5. The van der Waals surface area contributed by atoms with Gasteiger partial charge in [0.15, 0.2) is 11.9 Å². The number of esters is 1. The van der Waals surface area contributed by atoms with Gasteiger partial charge in [0.1, 0.15) is 6.10 Å². The van der Waals surface area contributed by atoms with E-state index < -0.39 is 34.4 Å². The van der Waals surface area contributed by atoms with Gasteiger partial charge < -0.3 is 29.2 Å². The average Bonchev–Trinajstić information content (AvgIpc) is 2.98. The van der Waals surface area contributed by atoms with Crippen molar-refractivity contribution in [3.8, 4) is 0 Å². The molecule has 0 aromatic rings. The van der Waals surface area contributed by atoms with Gasteiger partial charge in [-0.15, -0.1) is 0 Å². The maximum absolute atomic E-state index is 12.4. The molecule has 0 bridgehead atoms. The predicted octanol–water partition coefficient (Wildman–Crippen LogP) is 3.13. The fourth-order valence-electron chi connectivity index (χ4n) is 9.17. The van der Waals surface area contributed by atoms with Crippen molar-refractivity contribution in [3.63, 3.8) is 0 Å². The third-order valence-corrected chi connectivity index (χ3v) is 10.3. The molecule has 5 rings (SSSR count). The van der Waals surface area contributed by atoms with Crippen LogP contribution in [0.15, 0.2) is 23.8 Å². The first-order chi connectivity index (χ1) is 15.8. The average molecular weight is 477 g/mol. The highest BCUT2D eigenvalue weighted by Gasteiger charge is 2.77. The van der Waals surface area contributed by atoms with Gasteiger partial charge in [0.25, 0.3) is 0 Å². The van der Waals surface area contributed by atoms with Crippen LogP contribution in [0.5, 0.6) is 0 Å². The number of fused-ring (bicyclic) bond motifs is 3. The van der Waals surface area contributed by atoms with Gasteiger partial charge in [-0.25, -0.2) is 0 Å². The largest absolute Gasteiger partial charge is 0.454 e. The van der Waals surface area contributed by atoms with Crippen LogP contribution in [0, 0.1) is 28.6 Å². The molecule has 7 heteroatoms. The van der Waals surface area contributed by atoms with Crippen LogP contribution in [0.1, 0.15) is 61.3 Å². The Morgan fingerprint density at radius 3 is 2.47 bits per heavy atom. The van der Waals surface area contributed by atoms with E-state index in [4.69, 9.17) is 18.9 Å². The van der Waals surface area contributed by atoms with Gasteiger partial charge in [-0.2, -0.15) is 0 Å². The molecule has 2 heterocycles. The minimum Gasteiger partial charge on any atom is -0.454 e. The zero-order chi connectivity index (χ0) is 25.0. The lowest BCUT2D eigenvalue weighted by molar-refractivity contribution is -0.387. The standard InChI is InChI=1S/C27H40O7/c1-9-20-32-18-10-19-27(12-31-19,34-16(5)28)22-15(4)26(24(6,7)30)11-17(29)13(2)21(26)14(3)23(33-20)25(18,22)8/h9,14-15,17-20,22-23,29-30H,1,10-12H2,2-8H3/t14-,15-,17?,18-,19+,20?,22-,23-,25+,26+,27-/m0/s1. The fourth-order valence-corrected chi connectivity index (χ4v) is 9.17. The van der Waals surface area contributed by atoms with Gasteiger partial charge in [0, 0.05) is 36.0 Å². The number of hydrogen-bond donors (Lipinski definition) is 2. The van der Waals surface area contributed by atoms with Crippen molar-refractivity contribution < 1.29 is 34.0 Å². The van der Waals surface area contributed by atoms with Crippen LogP contribution in [-0.2, 0) is 23.7 Å². The molecule has 0 aromatic heterocycles. The summed E-state index contributed by atoms with van der Waals surface area (Å²) < 4.78 is 25.3. The molecule has 4 fully saturated rings. The Morgan fingerprint density at radius 2 is 1.94 bits per heavy atom. The Hall–Kier alpha value is -1.25. The van der Waals surface area contributed by atoms with Crippen molar-refractivity contribution in [2.24, 2.45) is 28.6 Å². The summed E-state index contributed by atoms with van der Waals surface area (Å²) in [4.78, 5) is 12.4. The highest BCUT2D eigenvalue weighted by atomic mass is 16.7. The first kappa shape index (κ1) is 24.4. The van der Waals surface area contributed by atoms with Gasteiger partial charge in [-0.1, -0.05) is 32.9 Å². The molecule has 2 saturated heterocycles. The van der Waals surface area contributed by atoms with E-state index in [2.05, 4.69) is 27.4 Å². The zero-order valence-electron chi connectivity index (χ0n) is 21.5. The summed E-state index contributed by atoms with van der Waals surface area (Å²) in [5.41, 5.74) is -1.25. The van der Waals surface area contributed by atoms with Crippen molar-refractivity contribution in [3.05, 3.63) is 23.8 Å². The van der Waals surface area contributed by atoms with Crippen molar-refractivity contribution in [2.75, 3.05) is 6.61 Å². The summed E-state index contributed by atoms with van der Waals surface area (Å²) in [5.74, 6) is -0.815. The van der Waals surface area contributed by atoms with Gasteiger partial charge in [-0.05, 0) is 44.8 Å². The Bertz CT molecular complexity index is 936. The van der Waals surface area contributed by atoms with Crippen LogP contribution in [0.25, 0.3) is 0 Å². The van der Waals surface area contributed by atoms with E-state index in [1.165, 1.54) is 6.92 Å². The van der Waals surface area contributed by atoms with E-state index in [1.54, 1.807) is 6.08 Å². The third-order valence-electron chi connectivity index (χ3n) is 10.3. The van der Waals surface area contributed by atoms with E-state index in [-0.39, 0.29) is 42.0 Å². The maximum atomic E-state index is 12.4. The molecule has 7 nitrogen and oxygen atoms in total. The van der Waals surface area contributed by atoms with E-state index in [0.29, 0.717) is 19.4 Å². The minimum atomic E-state index is -1.14. The molecular weight excluding hydrogens is 436 g/mol. The maximum Gasteiger partial charge on any atom is 0.303 e. The number of carbonyl (C=O) groups is 1. The van der Waals surface area contributed by atoms with Crippen molar-refractivity contribution in [1.29, 1.82) is 0 Å². The fraction of sp³-hybridized carbons (Fsp3) is 0.815. The van der Waals surface area contributed by atoms with Crippen LogP contribution in [-0.4, -0.2) is 64.7 Å². The lowest BCUT2D eigenvalue weighted by Crippen LogP contribution is -2.78. The second-order valence-electron chi connectivity index (χ2n) is 12.1. The second-order valence-corrected chi connectivity index (χ2v) is 12.1. The topological polar surface area (TPSA) is 94.5 Å². The summed E-state index contributed by atoms with van der Waals surface area (Å²) in [6.07, 6.45) is 0.711. The number of aliphatic hydroxyl groups excluding tert-OH is 1. The number of carbonyl (C=O) groups excluding carboxylic acids is 1. The number of hydrogen-bond acceptors (Lipinski definition) is 7. The van der Waals surface area contributed by atoms with Gasteiger partial charge in [-0.3, -0.25) is 4.79 Å². The quantitative estimate of drug-likeness (QED) is 0.477. The van der Waals surface area contributed by atoms with Crippen LogP contribution < -0.4 is 0 Å². The summed E-state index contributed by atoms with van der Waals surface area (Å²) in [6, 6.07) is 0. The van der Waals surface area contributed by atoms with Crippen molar-refractivity contribution >= 4 is 5.97 Å². The lowest BCUT2D eigenvalue weighted by atomic mass is 9.47. The molecule has 2 N–H and O–H groups in total. The summed E-state index contributed by atoms with van der Waals surface area (Å²) in [5, 5.41) is 23.0. The van der Waals surface area contributed by atoms with Crippen molar-refractivity contribution in [1.82, 2.24) is 0 Å². The molecule has 5 aliphatic rings.